The predicted molar refractivity (Wildman–Crippen MR) is 114 cm³/mol. The van der Waals surface area contributed by atoms with Crippen molar-refractivity contribution < 1.29 is 14.7 Å². The summed E-state index contributed by atoms with van der Waals surface area (Å²) in [6.45, 7) is 2.34. The lowest BCUT2D eigenvalue weighted by molar-refractivity contribution is -0.121. The van der Waals surface area contributed by atoms with Crippen LogP contribution < -0.4 is 10.6 Å². The van der Waals surface area contributed by atoms with Gasteiger partial charge in [-0.3, -0.25) is 9.59 Å². The number of aromatic hydroxyl groups is 1. The minimum Gasteiger partial charge on any atom is -0.508 e. The quantitative estimate of drug-likeness (QED) is 0.568. The molecule has 0 aliphatic heterocycles. The summed E-state index contributed by atoms with van der Waals surface area (Å²) in [6, 6.07) is 21.8. The summed E-state index contributed by atoms with van der Waals surface area (Å²) >= 11 is 0. The summed E-state index contributed by atoms with van der Waals surface area (Å²) in [4.78, 5) is 24.5. The first-order valence-electron chi connectivity index (χ1n) is 9.52. The topological polar surface area (TPSA) is 78.4 Å². The van der Waals surface area contributed by atoms with E-state index < -0.39 is 0 Å². The molecule has 0 radical (unpaired) electrons. The van der Waals surface area contributed by atoms with Crippen LogP contribution in [0.25, 0.3) is 0 Å². The van der Waals surface area contributed by atoms with E-state index in [1.807, 2.05) is 55.5 Å². The van der Waals surface area contributed by atoms with Crippen molar-refractivity contribution in [1.82, 2.24) is 5.32 Å². The monoisotopic (exact) mass is 388 g/mol. The van der Waals surface area contributed by atoms with Crippen molar-refractivity contribution in [2.24, 2.45) is 0 Å². The Morgan fingerprint density at radius 2 is 1.69 bits per heavy atom. The number of hydrogen-bond acceptors (Lipinski definition) is 3. The number of benzene rings is 3. The maximum absolute atomic E-state index is 12.3. The average Bonchev–Trinajstić information content (AvgIpc) is 2.72. The highest BCUT2D eigenvalue weighted by atomic mass is 16.3. The van der Waals surface area contributed by atoms with E-state index in [9.17, 15) is 14.7 Å². The van der Waals surface area contributed by atoms with Crippen LogP contribution in [-0.4, -0.2) is 16.9 Å². The van der Waals surface area contributed by atoms with Gasteiger partial charge in [0.25, 0.3) is 5.91 Å². The number of carbonyl (C=O) groups excluding carboxylic acids is 2. The van der Waals surface area contributed by atoms with Crippen molar-refractivity contribution in [3.05, 3.63) is 95.1 Å². The molecule has 0 heterocycles. The van der Waals surface area contributed by atoms with Gasteiger partial charge in [-0.1, -0.05) is 48.0 Å². The molecule has 3 aromatic carbocycles. The van der Waals surface area contributed by atoms with E-state index in [-0.39, 0.29) is 17.6 Å². The van der Waals surface area contributed by atoms with Gasteiger partial charge in [-0.05, 0) is 54.8 Å². The predicted octanol–water partition coefficient (Wildman–Crippen LogP) is 4.20. The summed E-state index contributed by atoms with van der Waals surface area (Å²) in [5.41, 5.74) is 4.02. The largest absolute Gasteiger partial charge is 0.508 e. The fourth-order valence-electron chi connectivity index (χ4n) is 2.93. The van der Waals surface area contributed by atoms with Crippen LogP contribution in [0, 0.1) is 6.92 Å². The number of rotatable bonds is 7. The van der Waals surface area contributed by atoms with Gasteiger partial charge in [-0.15, -0.1) is 0 Å². The highest BCUT2D eigenvalue weighted by molar-refractivity contribution is 6.04. The lowest BCUT2D eigenvalue weighted by Gasteiger charge is -2.09. The fraction of sp³-hybridized carbons (Fsp3) is 0.167. The number of hydrogen-bond donors (Lipinski definition) is 3. The van der Waals surface area contributed by atoms with E-state index in [2.05, 4.69) is 10.6 Å². The molecule has 3 N–H and O–H groups in total. The molecule has 0 atom stereocenters. The minimum atomic E-state index is -0.172. The number of phenols is 1. The minimum absolute atomic E-state index is 0.0950. The van der Waals surface area contributed by atoms with Gasteiger partial charge in [0.15, 0.2) is 0 Å². The third-order valence-electron chi connectivity index (χ3n) is 4.60. The molecule has 0 saturated carbocycles. The van der Waals surface area contributed by atoms with E-state index in [4.69, 9.17) is 0 Å². The van der Waals surface area contributed by atoms with Crippen molar-refractivity contribution in [2.45, 2.75) is 26.3 Å². The third kappa shape index (κ3) is 5.94. The van der Waals surface area contributed by atoms with Crippen molar-refractivity contribution in [2.75, 3.05) is 5.32 Å². The molecule has 0 saturated heterocycles. The molecule has 0 unspecified atom stereocenters. The van der Waals surface area contributed by atoms with Crippen LogP contribution in [0.1, 0.15) is 33.5 Å². The zero-order valence-corrected chi connectivity index (χ0v) is 16.3. The fourth-order valence-corrected chi connectivity index (χ4v) is 2.93. The molecule has 3 rings (SSSR count). The van der Waals surface area contributed by atoms with Gasteiger partial charge in [-0.25, -0.2) is 0 Å². The number of anilines is 1. The first-order valence-corrected chi connectivity index (χ1v) is 9.52. The van der Waals surface area contributed by atoms with Crippen molar-refractivity contribution in [1.29, 1.82) is 0 Å². The van der Waals surface area contributed by atoms with Gasteiger partial charge in [0.05, 0.1) is 0 Å². The van der Waals surface area contributed by atoms with Crippen LogP contribution in [0.3, 0.4) is 0 Å². The molecule has 148 valence electrons. The lowest BCUT2D eigenvalue weighted by atomic mass is 10.1. The zero-order chi connectivity index (χ0) is 20.6. The number of carbonyl (C=O) groups is 2. The number of phenolic OH excluding ortho intramolecular Hbond substituents is 1. The van der Waals surface area contributed by atoms with Gasteiger partial charge in [0, 0.05) is 24.2 Å². The number of amides is 2. The summed E-state index contributed by atoms with van der Waals surface area (Å²) in [6.07, 6.45) is 0.770. The Morgan fingerprint density at radius 3 is 2.45 bits per heavy atom. The molecule has 5 heteroatoms. The van der Waals surface area contributed by atoms with Gasteiger partial charge >= 0.3 is 0 Å². The van der Waals surface area contributed by atoms with Crippen LogP contribution in [0.5, 0.6) is 5.75 Å². The number of aryl methyl sites for hydroxylation is 2. The summed E-state index contributed by atoms with van der Waals surface area (Å²) in [5, 5.41) is 15.5. The van der Waals surface area contributed by atoms with Crippen molar-refractivity contribution >= 4 is 17.5 Å². The molecule has 5 nitrogen and oxygen atoms in total. The zero-order valence-electron chi connectivity index (χ0n) is 16.3. The Bertz CT molecular complexity index is 997. The molecule has 0 fully saturated rings. The van der Waals surface area contributed by atoms with Gasteiger partial charge in [0.2, 0.25) is 5.91 Å². The highest BCUT2D eigenvalue weighted by Gasteiger charge is 2.08. The maximum atomic E-state index is 12.3. The second-order valence-corrected chi connectivity index (χ2v) is 6.93. The Balaban J connectivity index is 1.51. The van der Waals surface area contributed by atoms with Gasteiger partial charge in [0.1, 0.15) is 5.75 Å². The van der Waals surface area contributed by atoms with E-state index in [0.29, 0.717) is 30.6 Å². The molecule has 0 aromatic heterocycles. The summed E-state index contributed by atoms with van der Waals surface area (Å²) in [5.74, 6) is -0.0616. The summed E-state index contributed by atoms with van der Waals surface area (Å²) in [7, 11) is 0. The van der Waals surface area contributed by atoms with Gasteiger partial charge < -0.3 is 15.7 Å². The molecule has 29 heavy (non-hydrogen) atoms. The standard InChI is InChI=1S/C24H24N2O3/c1-17-9-11-20(12-10-17)24(29)26-21-7-4-5-18(15-21)16-25-23(28)14-13-19-6-2-3-8-22(19)27/h2-12,15,27H,13-14,16H2,1H3,(H,25,28)(H,26,29). The Hall–Kier alpha value is -3.60. The molecule has 0 spiro atoms. The lowest BCUT2D eigenvalue weighted by Crippen LogP contribution is -2.23. The van der Waals surface area contributed by atoms with E-state index in [1.54, 1.807) is 24.3 Å². The Kier molecular flexibility index (Phi) is 6.63. The number of para-hydroxylation sites is 1. The first kappa shape index (κ1) is 20.1. The Morgan fingerprint density at radius 1 is 0.931 bits per heavy atom. The number of nitrogens with one attached hydrogen (secondary N) is 2. The molecule has 0 aliphatic carbocycles. The molecular formula is C24H24N2O3. The second kappa shape index (κ2) is 9.55. The van der Waals surface area contributed by atoms with Crippen molar-refractivity contribution in [3.63, 3.8) is 0 Å². The van der Waals surface area contributed by atoms with Crippen molar-refractivity contribution in [3.8, 4) is 5.75 Å². The first-order chi connectivity index (χ1) is 14.0. The maximum Gasteiger partial charge on any atom is 0.255 e. The third-order valence-corrected chi connectivity index (χ3v) is 4.60. The van der Waals surface area contributed by atoms with Gasteiger partial charge in [-0.2, -0.15) is 0 Å². The smallest absolute Gasteiger partial charge is 0.255 e. The normalized spacial score (nSPS) is 10.4. The highest BCUT2D eigenvalue weighted by Crippen LogP contribution is 2.17. The van der Waals surface area contributed by atoms with E-state index in [0.717, 1.165) is 16.7 Å². The second-order valence-electron chi connectivity index (χ2n) is 6.93. The summed E-state index contributed by atoms with van der Waals surface area (Å²) < 4.78 is 0. The van der Waals surface area contributed by atoms with Crippen LogP contribution in [0.4, 0.5) is 5.69 Å². The van der Waals surface area contributed by atoms with Crippen LogP contribution >= 0.6 is 0 Å². The van der Waals surface area contributed by atoms with Crippen LogP contribution in [0.2, 0.25) is 0 Å². The molecule has 3 aromatic rings. The molecule has 0 bridgehead atoms. The van der Waals surface area contributed by atoms with Crippen LogP contribution in [0.15, 0.2) is 72.8 Å². The average molecular weight is 388 g/mol. The van der Waals surface area contributed by atoms with Crippen LogP contribution in [-0.2, 0) is 17.8 Å². The molecular weight excluding hydrogens is 364 g/mol. The van der Waals surface area contributed by atoms with E-state index in [1.165, 1.54) is 0 Å². The SMILES string of the molecule is Cc1ccc(C(=O)Nc2cccc(CNC(=O)CCc3ccccc3O)c2)cc1. The molecule has 2 amide bonds. The molecule has 0 aliphatic rings. The Labute approximate surface area is 170 Å². The van der Waals surface area contributed by atoms with E-state index >= 15 is 0 Å².